The van der Waals surface area contributed by atoms with Gasteiger partial charge in [0.1, 0.15) is 5.82 Å². The van der Waals surface area contributed by atoms with Gasteiger partial charge in [0.2, 0.25) is 5.91 Å². The number of carbonyl (C=O) groups is 1. The number of rotatable bonds is 8. The average molecular weight is 513 g/mol. The van der Waals surface area contributed by atoms with Crippen molar-refractivity contribution in [3.63, 3.8) is 0 Å². The zero-order chi connectivity index (χ0) is 26.5. The number of fused-ring (bicyclic) bond motifs is 1. The molecule has 38 heavy (non-hydrogen) atoms. The van der Waals surface area contributed by atoms with Gasteiger partial charge in [0, 0.05) is 57.0 Å². The van der Waals surface area contributed by atoms with Crippen LogP contribution in [0.15, 0.2) is 83.7 Å². The van der Waals surface area contributed by atoms with Crippen LogP contribution in [0.1, 0.15) is 12.2 Å². The van der Waals surface area contributed by atoms with Gasteiger partial charge in [-0.2, -0.15) is 0 Å². The molecule has 0 radical (unpaired) electrons. The van der Waals surface area contributed by atoms with Crippen molar-refractivity contribution in [3.05, 3.63) is 105 Å². The lowest BCUT2D eigenvalue weighted by molar-refractivity contribution is -0.384. The first-order valence-corrected chi connectivity index (χ1v) is 12.5. The molecule has 0 spiro atoms. The number of aromatic nitrogens is 2. The molecule has 194 valence electrons. The molecular weight excluding hydrogens is 484 g/mol. The molecule has 0 atom stereocenters. The molecule has 1 saturated heterocycles. The van der Waals surface area contributed by atoms with E-state index in [0.29, 0.717) is 35.4 Å². The fourth-order valence-electron chi connectivity index (χ4n) is 4.68. The van der Waals surface area contributed by atoms with Crippen molar-refractivity contribution in [3.8, 4) is 5.69 Å². The number of non-ortho nitro benzene ring substituents is 1. The van der Waals surface area contributed by atoms with E-state index in [0.717, 1.165) is 31.9 Å². The van der Waals surface area contributed by atoms with E-state index in [4.69, 9.17) is 0 Å². The van der Waals surface area contributed by atoms with Gasteiger partial charge in [-0.15, -0.1) is 0 Å². The monoisotopic (exact) mass is 512 g/mol. The Kier molecular flexibility index (Phi) is 7.41. The third-order valence-electron chi connectivity index (χ3n) is 6.76. The van der Waals surface area contributed by atoms with Crippen LogP contribution < -0.4 is 15.8 Å². The minimum absolute atomic E-state index is 0.0815. The van der Waals surface area contributed by atoms with Crippen molar-refractivity contribution in [2.24, 2.45) is 0 Å². The molecule has 0 unspecified atom stereocenters. The van der Waals surface area contributed by atoms with Gasteiger partial charge in [0.25, 0.3) is 11.2 Å². The van der Waals surface area contributed by atoms with E-state index >= 15 is 0 Å². The lowest BCUT2D eigenvalue weighted by Crippen LogP contribution is -2.47. The Morgan fingerprint density at radius 1 is 0.895 bits per heavy atom. The molecular formula is C28H28N6O4. The van der Waals surface area contributed by atoms with Gasteiger partial charge in [-0.3, -0.25) is 29.2 Å². The zero-order valence-electron chi connectivity index (χ0n) is 20.8. The van der Waals surface area contributed by atoms with Crippen molar-refractivity contribution >= 4 is 28.2 Å². The lowest BCUT2D eigenvalue weighted by atomic mass is 10.2. The Hall–Kier alpha value is -4.57. The zero-order valence-corrected chi connectivity index (χ0v) is 20.8. The fourth-order valence-corrected chi connectivity index (χ4v) is 4.68. The van der Waals surface area contributed by atoms with Gasteiger partial charge in [0.15, 0.2) is 0 Å². The van der Waals surface area contributed by atoms with Crippen LogP contribution in [0.2, 0.25) is 0 Å². The van der Waals surface area contributed by atoms with Crippen molar-refractivity contribution in [1.82, 2.24) is 19.8 Å². The van der Waals surface area contributed by atoms with Gasteiger partial charge >= 0.3 is 0 Å². The number of piperazine rings is 1. The highest BCUT2D eigenvalue weighted by molar-refractivity contribution is 5.78. The first-order valence-electron chi connectivity index (χ1n) is 12.5. The summed E-state index contributed by atoms with van der Waals surface area (Å²) < 4.78 is 1.56. The maximum atomic E-state index is 13.3. The van der Waals surface area contributed by atoms with E-state index in [1.807, 2.05) is 42.5 Å². The number of para-hydroxylation sites is 2. The Morgan fingerprint density at radius 3 is 2.29 bits per heavy atom. The second-order valence-electron chi connectivity index (χ2n) is 9.15. The predicted molar refractivity (Wildman–Crippen MR) is 146 cm³/mol. The number of nitrogens with zero attached hydrogens (tertiary/aromatic N) is 5. The highest BCUT2D eigenvalue weighted by Crippen LogP contribution is 2.20. The number of nitro groups is 1. The first kappa shape index (κ1) is 25.1. The fraction of sp³-hybridized carbons (Fsp3) is 0.250. The molecule has 1 fully saturated rings. The van der Waals surface area contributed by atoms with Crippen LogP contribution in [0.3, 0.4) is 0 Å². The van der Waals surface area contributed by atoms with Gasteiger partial charge in [0.05, 0.1) is 28.1 Å². The maximum absolute atomic E-state index is 13.3. The van der Waals surface area contributed by atoms with E-state index in [-0.39, 0.29) is 23.7 Å². The number of hydrogen-bond donors (Lipinski definition) is 1. The summed E-state index contributed by atoms with van der Waals surface area (Å²) in [7, 11) is 0. The van der Waals surface area contributed by atoms with Gasteiger partial charge in [-0.05, 0) is 36.4 Å². The quantitative estimate of drug-likeness (QED) is 0.285. The maximum Gasteiger partial charge on any atom is 0.269 e. The summed E-state index contributed by atoms with van der Waals surface area (Å²) in [6.07, 6.45) is 0.334. The molecule has 5 rings (SSSR count). The third kappa shape index (κ3) is 5.55. The van der Waals surface area contributed by atoms with E-state index in [1.54, 1.807) is 28.8 Å². The molecule has 0 aliphatic carbocycles. The molecule has 4 aromatic rings. The van der Waals surface area contributed by atoms with Crippen LogP contribution in [0.5, 0.6) is 0 Å². The molecule has 0 bridgehead atoms. The summed E-state index contributed by atoms with van der Waals surface area (Å²) in [5.41, 5.74) is 2.17. The highest BCUT2D eigenvalue weighted by Gasteiger charge is 2.19. The predicted octanol–water partition coefficient (Wildman–Crippen LogP) is 3.12. The van der Waals surface area contributed by atoms with Crippen LogP contribution in [0, 0.1) is 10.1 Å². The highest BCUT2D eigenvalue weighted by atomic mass is 16.6. The Morgan fingerprint density at radius 2 is 1.58 bits per heavy atom. The summed E-state index contributed by atoms with van der Waals surface area (Å²) in [5.74, 6) is 0.370. The number of carbonyl (C=O) groups excluding carboxylic acids is 1. The Balaban J connectivity index is 1.18. The van der Waals surface area contributed by atoms with E-state index in [2.05, 4.69) is 20.1 Å². The average Bonchev–Trinajstić information content (AvgIpc) is 2.96. The minimum Gasteiger partial charge on any atom is -0.369 e. The molecule has 1 aromatic heterocycles. The van der Waals surface area contributed by atoms with Gasteiger partial charge < -0.3 is 10.2 Å². The number of nitrogens with one attached hydrogen (secondary N) is 1. The van der Waals surface area contributed by atoms with E-state index in [1.165, 1.54) is 12.1 Å². The van der Waals surface area contributed by atoms with Crippen molar-refractivity contribution < 1.29 is 9.72 Å². The van der Waals surface area contributed by atoms with Crippen molar-refractivity contribution in [2.45, 2.75) is 13.0 Å². The number of benzene rings is 3. The van der Waals surface area contributed by atoms with Gasteiger partial charge in [-0.1, -0.05) is 30.3 Å². The second kappa shape index (κ2) is 11.2. The van der Waals surface area contributed by atoms with E-state index < -0.39 is 4.92 Å². The standard InChI is InChI=1S/C28H28N6O4/c35-27(14-15-31-16-18-32(19-17-31)21-10-12-23(13-11-21)34(37)38)29-20-26-30-25-9-5-4-8-24(25)28(36)33(26)22-6-2-1-3-7-22/h1-13H,14-20H2,(H,29,35). The summed E-state index contributed by atoms with van der Waals surface area (Å²) in [4.78, 5) is 45.6. The number of nitro benzene ring substituents is 1. The first-order chi connectivity index (χ1) is 18.5. The van der Waals surface area contributed by atoms with Crippen LogP contribution in [0.4, 0.5) is 11.4 Å². The van der Waals surface area contributed by atoms with Crippen molar-refractivity contribution in [2.75, 3.05) is 37.6 Å². The van der Waals surface area contributed by atoms with Crippen LogP contribution in [0.25, 0.3) is 16.6 Å². The molecule has 10 heteroatoms. The molecule has 1 amide bonds. The molecule has 1 N–H and O–H groups in total. The normalized spacial score (nSPS) is 13.9. The van der Waals surface area contributed by atoms with Crippen LogP contribution in [-0.2, 0) is 11.3 Å². The van der Waals surface area contributed by atoms with Crippen LogP contribution in [-0.4, -0.2) is 58.0 Å². The van der Waals surface area contributed by atoms with Crippen LogP contribution >= 0.6 is 0 Å². The minimum atomic E-state index is -0.399. The molecule has 1 aliphatic rings. The molecule has 0 saturated carbocycles. The topological polar surface area (TPSA) is 114 Å². The summed E-state index contributed by atoms with van der Waals surface area (Å²) in [5, 5.41) is 14.3. The Bertz CT molecular complexity index is 1500. The SMILES string of the molecule is O=C(CCN1CCN(c2ccc([N+](=O)[O-])cc2)CC1)NCc1nc2ccccc2c(=O)n1-c1ccccc1. The summed E-state index contributed by atoms with van der Waals surface area (Å²) in [6, 6.07) is 23.1. The van der Waals surface area contributed by atoms with Crippen molar-refractivity contribution in [1.29, 1.82) is 0 Å². The van der Waals surface area contributed by atoms with E-state index in [9.17, 15) is 19.7 Å². The number of hydrogen-bond acceptors (Lipinski definition) is 7. The smallest absolute Gasteiger partial charge is 0.269 e. The summed E-state index contributed by atoms with van der Waals surface area (Å²) in [6.45, 7) is 3.92. The second-order valence-corrected chi connectivity index (χ2v) is 9.15. The summed E-state index contributed by atoms with van der Waals surface area (Å²) >= 11 is 0. The van der Waals surface area contributed by atoms with Gasteiger partial charge in [-0.25, -0.2) is 4.98 Å². The Labute approximate surface area is 219 Å². The number of anilines is 1. The molecule has 1 aliphatic heterocycles. The molecule has 10 nitrogen and oxygen atoms in total. The molecule has 2 heterocycles. The number of amides is 1. The lowest BCUT2D eigenvalue weighted by Gasteiger charge is -2.36. The third-order valence-corrected chi connectivity index (χ3v) is 6.76. The largest absolute Gasteiger partial charge is 0.369 e. The molecule has 3 aromatic carbocycles.